The molecule has 6 nitrogen and oxygen atoms in total. The Balaban J connectivity index is 2.68. The standard InChI is InChI=1S/C19H21NO5/c1-4-24-17(22)11-16-15(12-21)18(19(23)25-5-2)13(3)20(16)14-9-7-6-8-10-14/h6-10,12H,4-5,11H2,1-3H3. The fourth-order valence-electron chi connectivity index (χ4n) is 2.81. The maximum Gasteiger partial charge on any atom is 0.340 e. The lowest BCUT2D eigenvalue weighted by Crippen LogP contribution is -2.13. The van der Waals surface area contributed by atoms with Crippen molar-refractivity contribution in [2.45, 2.75) is 27.2 Å². The molecule has 2 rings (SSSR count). The lowest BCUT2D eigenvalue weighted by Gasteiger charge is -2.12. The van der Waals surface area contributed by atoms with Crippen molar-refractivity contribution in [2.75, 3.05) is 13.2 Å². The summed E-state index contributed by atoms with van der Waals surface area (Å²) in [7, 11) is 0. The van der Waals surface area contributed by atoms with Gasteiger partial charge >= 0.3 is 11.9 Å². The highest BCUT2D eigenvalue weighted by Gasteiger charge is 2.27. The Morgan fingerprint density at radius 3 is 2.28 bits per heavy atom. The van der Waals surface area contributed by atoms with Crippen LogP contribution in [0.1, 0.15) is 46.0 Å². The van der Waals surface area contributed by atoms with Crippen LogP contribution in [0.2, 0.25) is 0 Å². The topological polar surface area (TPSA) is 74.6 Å². The van der Waals surface area contributed by atoms with Crippen LogP contribution in [-0.4, -0.2) is 36.0 Å². The Hall–Kier alpha value is -2.89. The number of hydrogen-bond donors (Lipinski definition) is 0. The molecule has 6 heteroatoms. The van der Waals surface area contributed by atoms with Gasteiger partial charge in [0.2, 0.25) is 0 Å². The third kappa shape index (κ3) is 3.79. The molecule has 0 aliphatic rings. The third-order valence-electron chi connectivity index (χ3n) is 3.78. The number of hydrogen-bond acceptors (Lipinski definition) is 5. The molecule has 1 aromatic heterocycles. The summed E-state index contributed by atoms with van der Waals surface area (Å²) in [5.74, 6) is -1.04. The summed E-state index contributed by atoms with van der Waals surface area (Å²) in [5.41, 5.74) is 2.05. The summed E-state index contributed by atoms with van der Waals surface area (Å²) in [4.78, 5) is 36.1. The molecule has 0 N–H and O–H groups in total. The molecule has 1 aromatic carbocycles. The van der Waals surface area contributed by atoms with E-state index >= 15 is 0 Å². The first-order chi connectivity index (χ1) is 12.0. The minimum atomic E-state index is -0.582. The molecule has 2 aromatic rings. The van der Waals surface area contributed by atoms with E-state index in [2.05, 4.69) is 0 Å². The number of nitrogens with zero attached hydrogens (tertiary/aromatic N) is 1. The van der Waals surface area contributed by atoms with E-state index in [1.54, 1.807) is 25.3 Å². The maximum absolute atomic E-state index is 12.3. The summed E-state index contributed by atoms with van der Waals surface area (Å²) in [5, 5.41) is 0. The van der Waals surface area contributed by atoms with Crippen LogP contribution in [0.5, 0.6) is 0 Å². The van der Waals surface area contributed by atoms with Crippen molar-refractivity contribution in [1.82, 2.24) is 4.57 Å². The van der Waals surface area contributed by atoms with Crippen LogP contribution in [0.4, 0.5) is 0 Å². The van der Waals surface area contributed by atoms with Gasteiger partial charge in [0.25, 0.3) is 0 Å². The van der Waals surface area contributed by atoms with Crippen LogP contribution in [0.15, 0.2) is 30.3 Å². The summed E-state index contributed by atoms with van der Waals surface area (Å²) in [6.45, 7) is 5.57. The van der Waals surface area contributed by atoms with E-state index in [-0.39, 0.29) is 30.8 Å². The zero-order valence-electron chi connectivity index (χ0n) is 14.6. The SMILES string of the molecule is CCOC(=O)Cc1c(C=O)c(C(=O)OCC)c(C)n1-c1ccccc1. The Labute approximate surface area is 146 Å². The zero-order valence-corrected chi connectivity index (χ0v) is 14.6. The van der Waals surface area contributed by atoms with Gasteiger partial charge < -0.3 is 14.0 Å². The molecule has 0 bridgehead atoms. The molecule has 0 aliphatic heterocycles. The van der Waals surface area contributed by atoms with Crippen molar-refractivity contribution in [1.29, 1.82) is 0 Å². The summed E-state index contributed by atoms with van der Waals surface area (Å²) in [6, 6.07) is 9.22. The number of esters is 2. The van der Waals surface area contributed by atoms with Crippen molar-refractivity contribution in [3.05, 3.63) is 52.8 Å². The molecule has 25 heavy (non-hydrogen) atoms. The van der Waals surface area contributed by atoms with Crippen molar-refractivity contribution in [3.63, 3.8) is 0 Å². The van der Waals surface area contributed by atoms with E-state index < -0.39 is 11.9 Å². The highest BCUT2D eigenvalue weighted by atomic mass is 16.5. The first-order valence-corrected chi connectivity index (χ1v) is 8.12. The van der Waals surface area contributed by atoms with Gasteiger partial charge in [-0.05, 0) is 32.9 Å². The first-order valence-electron chi connectivity index (χ1n) is 8.12. The minimum absolute atomic E-state index is 0.114. The Kier molecular flexibility index (Phi) is 6.11. The Morgan fingerprint density at radius 2 is 1.72 bits per heavy atom. The van der Waals surface area contributed by atoms with E-state index in [1.807, 2.05) is 30.3 Å². The molecular weight excluding hydrogens is 322 g/mol. The quantitative estimate of drug-likeness (QED) is 0.571. The van der Waals surface area contributed by atoms with Crippen LogP contribution < -0.4 is 0 Å². The van der Waals surface area contributed by atoms with E-state index in [1.165, 1.54) is 0 Å². The number of carbonyl (C=O) groups excluding carboxylic acids is 3. The molecule has 0 spiro atoms. The van der Waals surface area contributed by atoms with E-state index in [0.29, 0.717) is 17.7 Å². The second kappa shape index (κ2) is 8.28. The van der Waals surface area contributed by atoms with Gasteiger partial charge in [0.1, 0.15) is 0 Å². The number of aromatic nitrogens is 1. The second-order valence-corrected chi connectivity index (χ2v) is 5.31. The average Bonchev–Trinajstić information content (AvgIpc) is 2.87. The molecular formula is C19H21NO5. The number of aldehydes is 1. The monoisotopic (exact) mass is 343 g/mol. The predicted octanol–water partition coefficient (Wildman–Crippen LogP) is 2.88. The van der Waals surface area contributed by atoms with Crippen molar-refractivity contribution in [3.8, 4) is 5.69 Å². The van der Waals surface area contributed by atoms with Crippen molar-refractivity contribution in [2.24, 2.45) is 0 Å². The molecule has 0 atom stereocenters. The largest absolute Gasteiger partial charge is 0.466 e. The summed E-state index contributed by atoms with van der Waals surface area (Å²) >= 11 is 0. The lowest BCUT2D eigenvalue weighted by atomic mass is 10.1. The fourth-order valence-corrected chi connectivity index (χ4v) is 2.81. The number of carbonyl (C=O) groups is 3. The van der Waals surface area contributed by atoms with E-state index in [4.69, 9.17) is 9.47 Å². The summed E-state index contributed by atoms with van der Waals surface area (Å²) in [6.07, 6.45) is 0.476. The average molecular weight is 343 g/mol. The molecule has 0 radical (unpaired) electrons. The van der Waals surface area contributed by atoms with Gasteiger partial charge in [-0.2, -0.15) is 0 Å². The number of ether oxygens (including phenoxy) is 2. The molecule has 0 saturated heterocycles. The Morgan fingerprint density at radius 1 is 1.08 bits per heavy atom. The van der Waals surface area contributed by atoms with Gasteiger partial charge in [-0.15, -0.1) is 0 Å². The zero-order chi connectivity index (χ0) is 18.4. The lowest BCUT2D eigenvalue weighted by molar-refractivity contribution is -0.142. The Bertz CT molecular complexity index is 777. The van der Waals surface area contributed by atoms with Gasteiger partial charge in [-0.25, -0.2) is 4.79 Å². The third-order valence-corrected chi connectivity index (χ3v) is 3.78. The number of benzene rings is 1. The minimum Gasteiger partial charge on any atom is -0.466 e. The van der Waals surface area contributed by atoms with E-state index in [9.17, 15) is 14.4 Å². The van der Waals surface area contributed by atoms with Crippen LogP contribution >= 0.6 is 0 Å². The van der Waals surface area contributed by atoms with Crippen LogP contribution in [0.25, 0.3) is 5.69 Å². The molecule has 0 fully saturated rings. The van der Waals surface area contributed by atoms with Crippen LogP contribution in [-0.2, 0) is 20.7 Å². The van der Waals surface area contributed by atoms with Gasteiger partial charge in [0, 0.05) is 17.1 Å². The van der Waals surface area contributed by atoms with E-state index in [0.717, 1.165) is 5.69 Å². The molecule has 132 valence electrons. The summed E-state index contributed by atoms with van der Waals surface area (Å²) < 4.78 is 11.8. The maximum atomic E-state index is 12.3. The van der Waals surface area contributed by atoms with Gasteiger partial charge in [0.05, 0.1) is 30.8 Å². The molecule has 0 unspecified atom stereocenters. The second-order valence-electron chi connectivity index (χ2n) is 5.31. The smallest absolute Gasteiger partial charge is 0.340 e. The van der Waals surface area contributed by atoms with Gasteiger partial charge in [0.15, 0.2) is 6.29 Å². The first kappa shape index (κ1) is 18.4. The van der Waals surface area contributed by atoms with Crippen molar-refractivity contribution >= 4 is 18.2 Å². The number of para-hydroxylation sites is 1. The molecule has 0 saturated carbocycles. The molecule has 0 amide bonds. The fraction of sp³-hybridized carbons (Fsp3) is 0.316. The van der Waals surface area contributed by atoms with Crippen molar-refractivity contribution < 1.29 is 23.9 Å². The highest BCUT2D eigenvalue weighted by Crippen LogP contribution is 2.27. The van der Waals surface area contributed by atoms with Gasteiger partial charge in [-0.1, -0.05) is 18.2 Å². The van der Waals surface area contributed by atoms with Crippen LogP contribution in [0, 0.1) is 6.92 Å². The molecule has 1 heterocycles. The van der Waals surface area contributed by atoms with Gasteiger partial charge in [-0.3, -0.25) is 9.59 Å². The highest BCUT2D eigenvalue weighted by molar-refractivity contribution is 6.01. The molecule has 0 aliphatic carbocycles. The predicted molar refractivity (Wildman–Crippen MR) is 92.2 cm³/mol. The number of rotatable bonds is 7. The van der Waals surface area contributed by atoms with Crippen LogP contribution in [0.3, 0.4) is 0 Å². The normalized spacial score (nSPS) is 10.4.